The van der Waals surface area contributed by atoms with Gasteiger partial charge in [-0.1, -0.05) is 30.3 Å². The van der Waals surface area contributed by atoms with Gasteiger partial charge in [0, 0.05) is 12.1 Å². The van der Waals surface area contributed by atoms with Crippen molar-refractivity contribution >= 4 is 0 Å². The molecule has 0 spiro atoms. The van der Waals surface area contributed by atoms with Gasteiger partial charge in [0.15, 0.2) is 11.6 Å². The van der Waals surface area contributed by atoms with Crippen molar-refractivity contribution in [2.24, 2.45) is 0 Å². The van der Waals surface area contributed by atoms with E-state index in [1.54, 1.807) is 13.0 Å². The number of hydrogen-bond donors (Lipinski definition) is 0. The van der Waals surface area contributed by atoms with Crippen LogP contribution in [0.25, 0.3) is 22.8 Å². The number of rotatable bonds is 3. The molecule has 0 bridgehead atoms. The highest BCUT2D eigenvalue weighted by molar-refractivity contribution is 5.65. The van der Waals surface area contributed by atoms with Gasteiger partial charge in [-0.25, -0.2) is 14.1 Å². The smallest absolute Gasteiger partial charge is 0.245 e. The molecule has 3 rings (SSSR count). The average Bonchev–Trinajstić information content (AvgIpc) is 2.98. The fourth-order valence-electron chi connectivity index (χ4n) is 2.44. The summed E-state index contributed by atoms with van der Waals surface area (Å²) < 4.78 is 55.0. The van der Waals surface area contributed by atoms with Gasteiger partial charge in [-0.2, -0.15) is 18.3 Å². The van der Waals surface area contributed by atoms with Crippen molar-refractivity contribution in [2.45, 2.75) is 19.6 Å². The SMILES string of the molecule is CCn1nc(-c2ccccc2C(F)(F)F)nc1-c1ccccc1F. The van der Waals surface area contributed by atoms with Crippen molar-refractivity contribution in [3.05, 3.63) is 59.9 Å². The standard InChI is InChI=1S/C17H13F4N3/c1-2-24-16(12-8-4-6-10-14(12)18)22-15(23-24)11-7-3-5-9-13(11)17(19,20)21/h3-10H,2H2,1H3. The van der Waals surface area contributed by atoms with Crippen molar-refractivity contribution in [2.75, 3.05) is 0 Å². The third-order valence-corrected chi connectivity index (χ3v) is 3.56. The molecule has 0 atom stereocenters. The zero-order valence-electron chi connectivity index (χ0n) is 12.7. The second kappa shape index (κ2) is 6.07. The Morgan fingerprint density at radius 1 is 0.958 bits per heavy atom. The highest BCUT2D eigenvalue weighted by Gasteiger charge is 2.34. The summed E-state index contributed by atoms with van der Waals surface area (Å²) in [5, 5.41) is 4.13. The van der Waals surface area contributed by atoms with E-state index in [4.69, 9.17) is 0 Å². The van der Waals surface area contributed by atoms with Crippen LogP contribution in [0, 0.1) is 5.82 Å². The molecule has 24 heavy (non-hydrogen) atoms. The first-order valence-corrected chi connectivity index (χ1v) is 7.28. The van der Waals surface area contributed by atoms with Crippen molar-refractivity contribution in [3.63, 3.8) is 0 Å². The van der Waals surface area contributed by atoms with Gasteiger partial charge in [0.05, 0.1) is 11.1 Å². The minimum Gasteiger partial charge on any atom is -0.245 e. The molecule has 0 aliphatic carbocycles. The molecular weight excluding hydrogens is 322 g/mol. The number of nitrogens with zero attached hydrogens (tertiary/aromatic N) is 3. The second-order valence-corrected chi connectivity index (χ2v) is 5.10. The van der Waals surface area contributed by atoms with Gasteiger partial charge < -0.3 is 0 Å². The predicted octanol–water partition coefficient (Wildman–Crippen LogP) is 4.79. The highest BCUT2D eigenvalue weighted by Crippen LogP contribution is 2.36. The van der Waals surface area contributed by atoms with Crippen LogP contribution in [-0.4, -0.2) is 14.8 Å². The second-order valence-electron chi connectivity index (χ2n) is 5.10. The van der Waals surface area contributed by atoms with E-state index in [1.807, 2.05) is 0 Å². The first kappa shape index (κ1) is 16.2. The van der Waals surface area contributed by atoms with E-state index in [2.05, 4.69) is 10.1 Å². The van der Waals surface area contributed by atoms with Crippen LogP contribution in [0.5, 0.6) is 0 Å². The normalized spacial score (nSPS) is 11.7. The number of hydrogen-bond acceptors (Lipinski definition) is 2. The minimum atomic E-state index is -4.52. The first-order chi connectivity index (χ1) is 11.4. The van der Waals surface area contributed by atoms with E-state index in [0.717, 1.165) is 6.07 Å². The molecule has 3 nitrogen and oxygen atoms in total. The maximum atomic E-state index is 14.0. The molecular formula is C17H13F4N3. The monoisotopic (exact) mass is 335 g/mol. The molecule has 124 valence electrons. The molecule has 2 aromatic carbocycles. The Hall–Kier alpha value is -2.70. The molecule has 3 aromatic rings. The van der Waals surface area contributed by atoms with E-state index in [9.17, 15) is 17.6 Å². The van der Waals surface area contributed by atoms with Gasteiger partial charge in [-0.3, -0.25) is 0 Å². The van der Waals surface area contributed by atoms with E-state index in [1.165, 1.54) is 41.1 Å². The van der Waals surface area contributed by atoms with E-state index < -0.39 is 17.6 Å². The summed E-state index contributed by atoms with van der Waals surface area (Å²) in [5.74, 6) is -0.388. The highest BCUT2D eigenvalue weighted by atomic mass is 19.4. The van der Waals surface area contributed by atoms with Gasteiger partial charge in [0.2, 0.25) is 0 Å². The van der Waals surface area contributed by atoms with E-state index in [-0.39, 0.29) is 22.8 Å². The average molecular weight is 335 g/mol. The van der Waals surface area contributed by atoms with Crippen LogP contribution in [0.1, 0.15) is 12.5 Å². The maximum absolute atomic E-state index is 14.0. The maximum Gasteiger partial charge on any atom is 0.417 e. The lowest BCUT2D eigenvalue weighted by atomic mass is 10.1. The lowest BCUT2D eigenvalue weighted by Crippen LogP contribution is -2.07. The van der Waals surface area contributed by atoms with Crippen molar-refractivity contribution in [1.29, 1.82) is 0 Å². The number of benzene rings is 2. The third kappa shape index (κ3) is 2.89. The molecule has 0 fully saturated rings. The fourth-order valence-corrected chi connectivity index (χ4v) is 2.44. The summed E-state index contributed by atoms with van der Waals surface area (Å²) in [7, 11) is 0. The van der Waals surface area contributed by atoms with Gasteiger partial charge in [-0.05, 0) is 25.1 Å². The zero-order valence-corrected chi connectivity index (χ0v) is 12.7. The van der Waals surface area contributed by atoms with Crippen LogP contribution >= 0.6 is 0 Å². The number of aromatic nitrogens is 3. The van der Waals surface area contributed by atoms with Crippen molar-refractivity contribution < 1.29 is 17.6 Å². The summed E-state index contributed by atoms with van der Waals surface area (Å²) in [6.45, 7) is 2.11. The van der Waals surface area contributed by atoms with E-state index >= 15 is 0 Å². The molecule has 1 aromatic heterocycles. The summed E-state index contributed by atoms with van der Waals surface area (Å²) in [5.41, 5.74) is -0.754. The number of alkyl halides is 3. The summed E-state index contributed by atoms with van der Waals surface area (Å²) in [6.07, 6.45) is -4.52. The predicted molar refractivity (Wildman–Crippen MR) is 81.5 cm³/mol. The molecule has 0 radical (unpaired) electrons. The lowest BCUT2D eigenvalue weighted by molar-refractivity contribution is -0.137. The third-order valence-electron chi connectivity index (χ3n) is 3.56. The Kier molecular flexibility index (Phi) is 4.09. The Morgan fingerprint density at radius 2 is 1.58 bits per heavy atom. The quantitative estimate of drug-likeness (QED) is 0.644. The van der Waals surface area contributed by atoms with Crippen molar-refractivity contribution in [1.82, 2.24) is 14.8 Å². The van der Waals surface area contributed by atoms with Gasteiger partial charge in [-0.15, -0.1) is 0 Å². The number of aryl methyl sites for hydroxylation is 1. The van der Waals surface area contributed by atoms with Crippen LogP contribution in [-0.2, 0) is 12.7 Å². The molecule has 0 saturated heterocycles. The van der Waals surface area contributed by atoms with Crippen LogP contribution in [0.4, 0.5) is 17.6 Å². The Morgan fingerprint density at radius 3 is 2.21 bits per heavy atom. The lowest BCUT2D eigenvalue weighted by Gasteiger charge is -2.09. The van der Waals surface area contributed by atoms with Crippen LogP contribution in [0.3, 0.4) is 0 Å². The molecule has 0 saturated carbocycles. The van der Waals surface area contributed by atoms with Crippen LogP contribution in [0.15, 0.2) is 48.5 Å². The largest absolute Gasteiger partial charge is 0.417 e. The molecule has 0 aliphatic rings. The number of halogens is 4. The zero-order chi connectivity index (χ0) is 17.3. The molecule has 0 amide bonds. The Bertz CT molecular complexity index is 868. The molecule has 1 heterocycles. The molecule has 7 heteroatoms. The fraction of sp³-hybridized carbons (Fsp3) is 0.176. The first-order valence-electron chi connectivity index (χ1n) is 7.28. The molecule has 0 N–H and O–H groups in total. The summed E-state index contributed by atoms with van der Waals surface area (Å²) in [4.78, 5) is 4.17. The molecule has 0 aliphatic heterocycles. The Labute approximate surface area is 135 Å². The topological polar surface area (TPSA) is 30.7 Å². The van der Waals surface area contributed by atoms with Gasteiger partial charge in [0.25, 0.3) is 0 Å². The minimum absolute atomic E-state index is 0.0805. The van der Waals surface area contributed by atoms with Crippen LogP contribution < -0.4 is 0 Å². The van der Waals surface area contributed by atoms with Gasteiger partial charge in [0.1, 0.15) is 5.82 Å². The summed E-state index contributed by atoms with van der Waals surface area (Å²) in [6, 6.07) is 11.0. The van der Waals surface area contributed by atoms with Crippen molar-refractivity contribution in [3.8, 4) is 22.8 Å². The van der Waals surface area contributed by atoms with Crippen LogP contribution in [0.2, 0.25) is 0 Å². The van der Waals surface area contributed by atoms with Gasteiger partial charge >= 0.3 is 6.18 Å². The summed E-state index contributed by atoms with van der Waals surface area (Å²) >= 11 is 0. The Balaban J connectivity index is 2.18. The molecule has 0 unspecified atom stereocenters. The van der Waals surface area contributed by atoms with E-state index in [0.29, 0.717) is 6.54 Å².